The van der Waals surface area contributed by atoms with Crippen LogP contribution in [0.25, 0.3) is 21.7 Å². The SMILES string of the molecule is Cn1c(=O)c2c(ncn2CC(=O)Nc2nnc(-c3ccc(F)cc3)s2)n(C)c1=O. The van der Waals surface area contributed by atoms with Crippen LogP contribution < -0.4 is 16.6 Å². The molecule has 0 saturated carbocycles. The highest BCUT2D eigenvalue weighted by molar-refractivity contribution is 7.18. The van der Waals surface area contributed by atoms with Crippen molar-refractivity contribution in [2.45, 2.75) is 6.54 Å². The normalized spacial score (nSPS) is 11.1. The van der Waals surface area contributed by atoms with Crippen molar-refractivity contribution < 1.29 is 9.18 Å². The lowest BCUT2D eigenvalue weighted by molar-refractivity contribution is -0.116. The first kappa shape index (κ1) is 18.7. The molecule has 29 heavy (non-hydrogen) atoms. The van der Waals surface area contributed by atoms with E-state index in [1.54, 1.807) is 12.1 Å². The van der Waals surface area contributed by atoms with E-state index in [-0.39, 0.29) is 28.7 Å². The zero-order chi connectivity index (χ0) is 20.7. The number of hydrogen-bond acceptors (Lipinski definition) is 7. The molecule has 12 heteroatoms. The Kier molecular flexibility index (Phi) is 4.54. The fourth-order valence-corrected chi connectivity index (χ4v) is 3.58. The van der Waals surface area contributed by atoms with Crippen LogP contribution in [-0.4, -0.2) is 34.8 Å². The molecular weight excluding hydrogens is 401 g/mol. The largest absolute Gasteiger partial charge is 0.332 e. The maximum Gasteiger partial charge on any atom is 0.332 e. The van der Waals surface area contributed by atoms with Gasteiger partial charge in [0.1, 0.15) is 17.4 Å². The van der Waals surface area contributed by atoms with Gasteiger partial charge in [0.2, 0.25) is 11.0 Å². The van der Waals surface area contributed by atoms with Crippen LogP contribution in [0.5, 0.6) is 0 Å². The lowest BCUT2D eigenvalue weighted by atomic mass is 10.2. The fourth-order valence-electron chi connectivity index (χ4n) is 2.81. The summed E-state index contributed by atoms with van der Waals surface area (Å²) in [5.74, 6) is -0.801. The van der Waals surface area contributed by atoms with E-state index in [0.717, 1.165) is 15.9 Å². The van der Waals surface area contributed by atoms with E-state index in [1.807, 2.05) is 0 Å². The molecule has 0 saturated heterocycles. The van der Waals surface area contributed by atoms with E-state index < -0.39 is 17.2 Å². The Morgan fingerprint density at radius 3 is 2.59 bits per heavy atom. The van der Waals surface area contributed by atoms with Gasteiger partial charge in [0.05, 0.1) is 6.33 Å². The van der Waals surface area contributed by atoms with Crippen LogP contribution in [0.4, 0.5) is 9.52 Å². The average molecular weight is 415 g/mol. The topological polar surface area (TPSA) is 117 Å². The van der Waals surface area contributed by atoms with E-state index in [1.165, 1.54) is 41.7 Å². The quantitative estimate of drug-likeness (QED) is 0.525. The summed E-state index contributed by atoms with van der Waals surface area (Å²) in [7, 11) is 2.86. The highest BCUT2D eigenvalue weighted by Crippen LogP contribution is 2.26. The number of benzene rings is 1. The molecule has 0 aliphatic carbocycles. The highest BCUT2D eigenvalue weighted by Gasteiger charge is 2.17. The number of aromatic nitrogens is 6. The summed E-state index contributed by atoms with van der Waals surface area (Å²) in [5.41, 5.74) is -0.0221. The molecule has 3 aromatic heterocycles. The van der Waals surface area contributed by atoms with Crippen LogP contribution >= 0.6 is 11.3 Å². The monoisotopic (exact) mass is 415 g/mol. The van der Waals surface area contributed by atoms with Gasteiger partial charge >= 0.3 is 5.69 Å². The predicted molar refractivity (Wildman–Crippen MR) is 104 cm³/mol. The summed E-state index contributed by atoms with van der Waals surface area (Å²) in [5, 5.41) is 11.3. The van der Waals surface area contributed by atoms with Crippen molar-refractivity contribution in [2.24, 2.45) is 14.1 Å². The number of fused-ring (bicyclic) bond motifs is 1. The number of nitrogens with zero attached hydrogens (tertiary/aromatic N) is 6. The Bertz CT molecular complexity index is 1350. The van der Waals surface area contributed by atoms with E-state index in [4.69, 9.17) is 0 Å². The first-order valence-electron chi connectivity index (χ1n) is 8.35. The fraction of sp³-hybridized carbons (Fsp3) is 0.176. The second-order valence-electron chi connectivity index (χ2n) is 6.22. The van der Waals surface area contributed by atoms with Crippen molar-refractivity contribution in [3.63, 3.8) is 0 Å². The Hall–Kier alpha value is -3.67. The molecule has 0 bridgehead atoms. The van der Waals surface area contributed by atoms with Crippen molar-refractivity contribution in [1.82, 2.24) is 28.9 Å². The molecule has 0 unspecified atom stereocenters. The third-order valence-corrected chi connectivity index (χ3v) is 5.18. The number of anilines is 1. The first-order chi connectivity index (χ1) is 13.8. The van der Waals surface area contributed by atoms with E-state index in [9.17, 15) is 18.8 Å². The summed E-state index contributed by atoms with van der Waals surface area (Å²) >= 11 is 1.13. The minimum absolute atomic E-state index is 0.147. The number of hydrogen-bond donors (Lipinski definition) is 1. The van der Waals surface area contributed by atoms with Crippen LogP contribution in [0.3, 0.4) is 0 Å². The zero-order valence-electron chi connectivity index (χ0n) is 15.3. The molecule has 3 heterocycles. The molecule has 0 atom stereocenters. The van der Waals surface area contributed by atoms with Crippen LogP contribution in [0.1, 0.15) is 0 Å². The van der Waals surface area contributed by atoms with Gasteiger partial charge in [-0.25, -0.2) is 14.2 Å². The Labute approximate surface area is 165 Å². The molecule has 1 amide bonds. The van der Waals surface area contributed by atoms with E-state index >= 15 is 0 Å². The molecule has 10 nitrogen and oxygen atoms in total. The van der Waals surface area contributed by atoms with Gasteiger partial charge in [-0.3, -0.25) is 24.0 Å². The van der Waals surface area contributed by atoms with Gasteiger partial charge in [-0.05, 0) is 24.3 Å². The third kappa shape index (κ3) is 3.33. The highest BCUT2D eigenvalue weighted by atomic mass is 32.1. The number of rotatable bonds is 4. The van der Waals surface area contributed by atoms with Gasteiger partial charge in [-0.1, -0.05) is 11.3 Å². The Balaban J connectivity index is 1.56. The lowest BCUT2D eigenvalue weighted by Gasteiger charge is -2.06. The number of carbonyl (C=O) groups is 1. The first-order valence-corrected chi connectivity index (χ1v) is 9.17. The summed E-state index contributed by atoms with van der Waals surface area (Å²) in [6, 6.07) is 5.76. The number of carbonyl (C=O) groups excluding carboxylic acids is 1. The maximum atomic E-state index is 13.0. The lowest BCUT2D eigenvalue weighted by Crippen LogP contribution is -2.37. The van der Waals surface area contributed by atoms with Crippen LogP contribution in [0.15, 0.2) is 40.2 Å². The number of nitrogens with one attached hydrogen (secondary N) is 1. The van der Waals surface area contributed by atoms with Crippen molar-refractivity contribution in [1.29, 1.82) is 0 Å². The second kappa shape index (κ2) is 7.05. The minimum atomic E-state index is -0.539. The van der Waals surface area contributed by atoms with Gasteiger partial charge in [0.15, 0.2) is 11.2 Å². The summed E-state index contributed by atoms with van der Waals surface area (Å²) in [6.45, 7) is -0.199. The van der Waals surface area contributed by atoms with Crippen molar-refractivity contribution in [2.75, 3.05) is 5.32 Å². The second-order valence-corrected chi connectivity index (χ2v) is 7.20. The van der Waals surface area contributed by atoms with Crippen molar-refractivity contribution >= 4 is 33.5 Å². The van der Waals surface area contributed by atoms with Gasteiger partial charge in [0, 0.05) is 19.7 Å². The molecule has 4 rings (SSSR count). The van der Waals surface area contributed by atoms with Crippen LogP contribution in [-0.2, 0) is 25.4 Å². The minimum Gasteiger partial charge on any atom is -0.315 e. The van der Waals surface area contributed by atoms with Crippen LogP contribution in [0, 0.1) is 5.82 Å². The number of aryl methyl sites for hydroxylation is 1. The number of imidazole rings is 1. The van der Waals surface area contributed by atoms with E-state index in [0.29, 0.717) is 10.6 Å². The van der Waals surface area contributed by atoms with Crippen LogP contribution in [0.2, 0.25) is 0 Å². The zero-order valence-corrected chi connectivity index (χ0v) is 16.1. The number of halogens is 1. The molecule has 0 spiro atoms. The molecule has 1 N–H and O–H groups in total. The maximum absolute atomic E-state index is 13.0. The van der Waals surface area contributed by atoms with Gasteiger partial charge in [-0.15, -0.1) is 10.2 Å². The van der Waals surface area contributed by atoms with Crippen molar-refractivity contribution in [3.8, 4) is 10.6 Å². The van der Waals surface area contributed by atoms with Gasteiger partial charge < -0.3 is 4.57 Å². The number of amides is 1. The predicted octanol–water partition coefficient (Wildman–Crippen LogP) is 0.730. The van der Waals surface area contributed by atoms with E-state index in [2.05, 4.69) is 20.5 Å². The molecule has 0 fully saturated rings. The third-order valence-electron chi connectivity index (χ3n) is 4.29. The molecule has 0 radical (unpaired) electrons. The summed E-state index contributed by atoms with van der Waals surface area (Å²) in [4.78, 5) is 40.9. The standard InChI is InChI=1S/C17H14FN7O3S/c1-23-13-12(15(27)24(2)17(23)28)25(8-19-13)7-11(26)20-16-22-21-14(29-16)9-3-5-10(18)6-4-9/h3-6,8H,7H2,1-2H3,(H,20,22,26). The van der Waals surface area contributed by atoms with Crippen molar-refractivity contribution in [3.05, 3.63) is 57.2 Å². The molecule has 0 aliphatic heterocycles. The molecule has 1 aromatic carbocycles. The van der Waals surface area contributed by atoms with Gasteiger partial charge in [-0.2, -0.15) is 0 Å². The smallest absolute Gasteiger partial charge is 0.315 e. The average Bonchev–Trinajstić information content (AvgIpc) is 3.32. The molecule has 4 aromatic rings. The summed E-state index contributed by atoms with van der Waals surface area (Å²) in [6.07, 6.45) is 1.33. The molecule has 148 valence electrons. The van der Waals surface area contributed by atoms with Gasteiger partial charge in [0.25, 0.3) is 5.56 Å². The summed E-state index contributed by atoms with van der Waals surface area (Å²) < 4.78 is 16.6. The Morgan fingerprint density at radius 1 is 1.14 bits per heavy atom. The molecule has 0 aliphatic rings. The Morgan fingerprint density at radius 2 is 1.86 bits per heavy atom. The molecular formula is C17H14FN7O3S.